The van der Waals surface area contributed by atoms with Crippen molar-refractivity contribution in [1.82, 2.24) is 9.80 Å². The summed E-state index contributed by atoms with van der Waals surface area (Å²) in [6.07, 6.45) is -2.66. The zero-order chi connectivity index (χ0) is 26.2. The molecule has 7 nitrogen and oxygen atoms in total. The average molecular weight is 519 g/mol. The van der Waals surface area contributed by atoms with E-state index in [1.807, 2.05) is 29.2 Å². The minimum atomic E-state index is -4.80. The topological polar surface area (TPSA) is 68.3 Å². The fourth-order valence-electron chi connectivity index (χ4n) is 5.62. The van der Waals surface area contributed by atoms with E-state index in [0.29, 0.717) is 31.8 Å². The molecule has 2 amide bonds. The van der Waals surface area contributed by atoms with E-state index in [0.717, 1.165) is 30.6 Å². The highest BCUT2D eigenvalue weighted by Crippen LogP contribution is 2.46. The van der Waals surface area contributed by atoms with E-state index in [1.165, 1.54) is 18.2 Å². The van der Waals surface area contributed by atoms with Crippen LogP contribution in [0.4, 0.5) is 13.2 Å². The summed E-state index contributed by atoms with van der Waals surface area (Å²) in [7, 11) is 1.60. The molecule has 0 radical (unpaired) electrons. The van der Waals surface area contributed by atoms with Crippen molar-refractivity contribution in [2.45, 2.75) is 49.6 Å². The van der Waals surface area contributed by atoms with Crippen LogP contribution < -0.4 is 9.47 Å². The minimum Gasteiger partial charge on any atom is -0.497 e. The number of nitrogens with zero attached hydrogens (tertiary/aromatic N) is 2. The number of ether oxygens (including phenoxy) is 3. The summed E-state index contributed by atoms with van der Waals surface area (Å²) in [4.78, 5) is 30.5. The van der Waals surface area contributed by atoms with E-state index in [9.17, 15) is 22.8 Å². The Morgan fingerprint density at radius 3 is 2.49 bits per heavy atom. The van der Waals surface area contributed by atoms with Gasteiger partial charge in [-0.3, -0.25) is 9.59 Å². The van der Waals surface area contributed by atoms with Crippen molar-refractivity contribution in [2.24, 2.45) is 0 Å². The van der Waals surface area contributed by atoms with Crippen molar-refractivity contribution < 1.29 is 37.0 Å². The lowest BCUT2D eigenvalue weighted by atomic mass is 9.63. The lowest BCUT2D eigenvalue weighted by Crippen LogP contribution is -2.60. The predicted molar refractivity (Wildman–Crippen MR) is 127 cm³/mol. The van der Waals surface area contributed by atoms with E-state index in [1.54, 1.807) is 18.1 Å². The molecule has 37 heavy (non-hydrogen) atoms. The van der Waals surface area contributed by atoms with Crippen molar-refractivity contribution in [1.29, 1.82) is 0 Å². The highest BCUT2D eigenvalue weighted by molar-refractivity contribution is 5.90. The van der Waals surface area contributed by atoms with Crippen LogP contribution in [0.5, 0.6) is 11.5 Å². The number of benzene rings is 2. The van der Waals surface area contributed by atoms with Gasteiger partial charge in [-0.15, -0.1) is 13.2 Å². The number of halogens is 3. The van der Waals surface area contributed by atoms with E-state index >= 15 is 0 Å². The first kappa shape index (κ1) is 25.4. The second-order valence-corrected chi connectivity index (χ2v) is 9.81. The molecule has 3 aliphatic rings. The number of amides is 2. The summed E-state index contributed by atoms with van der Waals surface area (Å²) in [6, 6.07) is 12.8. The zero-order valence-electron chi connectivity index (χ0n) is 20.5. The molecule has 1 saturated carbocycles. The van der Waals surface area contributed by atoms with Crippen LogP contribution >= 0.6 is 0 Å². The Balaban J connectivity index is 1.28. The number of alkyl halides is 3. The Labute approximate surface area is 213 Å². The summed E-state index contributed by atoms with van der Waals surface area (Å²) in [5, 5.41) is 0. The van der Waals surface area contributed by atoms with Crippen LogP contribution in [0.3, 0.4) is 0 Å². The van der Waals surface area contributed by atoms with E-state index in [2.05, 4.69) is 4.74 Å². The third kappa shape index (κ3) is 5.12. The molecule has 10 heteroatoms. The Kier molecular flexibility index (Phi) is 6.78. The third-order valence-corrected chi connectivity index (χ3v) is 7.66. The van der Waals surface area contributed by atoms with Gasteiger partial charge >= 0.3 is 6.36 Å². The molecule has 0 N–H and O–H groups in total. The molecule has 2 atom stereocenters. The lowest BCUT2D eigenvalue weighted by molar-refractivity contribution is -0.274. The molecular formula is C27H29F3N2O5. The molecule has 198 valence electrons. The first-order valence-electron chi connectivity index (χ1n) is 12.4. The third-order valence-electron chi connectivity index (χ3n) is 7.66. The summed E-state index contributed by atoms with van der Waals surface area (Å²) in [5.74, 6) is 0.200. The molecule has 2 heterocycles. The van der Waals surface area contributed by atoms with E-state index in [4.69, 9.17) is 9.47 Å². The summed E-state index contributed by atoms with van der Waals surface area (Å²) in [5.41, 5.74) is 0.813. The van der Waals surface area contributed by atoms with Gasteiger partial charge in [0.25, 0.3) is 0 Å². The van der Waals surface area contributed by atoms with Crippen molar-refractivity contribution in [3.8, 4) is 11.5 Å². The highest BCUT2D eigenvalue weighted by Gasteiger charge is 2.52. The predicted octanol–water partition coefficient (Wildman–Crippen LogP) is 3.70. The monoisotopic (exact) mass is 518 g/mol. The quantitative estimate of drug-likeness (QED) is 0.584. The van der Waals surface area contributed by atoms with Gasteiger partial charge in [-0.05, 0) is 48.2 Å². The number of fused-ring (bicyclic) bond motifs is 1. The lowest BCUT2D eigenvalue weighted by Gasteiger charge is -2.47. The normalized spacial score (nSPS) is 22.7. The number of methoxy groups -OCH3 is 1. The Morgan fingerprint density at radius 2 is 1.84 bits per heavy atom. The first-order chi connectivity index (χ1) is 17.7. The molecule has 2 saturated heterocycles. The molecule has 3 fully saturated rings. The first-order valence-corrected chi connectivity index (χ1v) is 12.4. The standard InChI is InChI=1S/C27H29F3N2O5/c1-35-20-8-6-19(7-9-20)26(10-3-11-26)25(34)32-12-13-36-23-17-31(16-22(23)32)24(33)15-18-4-2-5-21(14-18)37-27(28,29)30/h2,4-9,14,22-23H,3,10-13,15-17H2,1H3/t22-,23+/m0/s1. The molecule has 0 aromatic heterocycles. The minimum absolute atomic E-state index is 0.0634. The maximum atomic E-state index is 13.9. The molecule has 2 aliphatic heterocycles. The van der Waals surface area contributed by atoms with Gasteiger partial charge in [0, 0.05) is 19.6 Å². The molecule has 1 aliphatic carbocycles. The van der Waals surface area contributed by atoms with Gasteiger partial charge in [0.2, 0.25) is 11.8 Å². The van der Waals surface area contributed by atoms with E-state index < -0.39 is 11.8 Å². The Hall–Kier alpha value is -3.27. The number of carbonyl (C=O) groups is 2. The maximum Gasteiger partial charge on any atom is 0.573 e. The summed E-state index contributed by atoms with van der Waals surface area (Å²) < 4.78 is 52.9. The van der Waals surface area contributed by atoms with Gasteiger partial charge in [0.05, 0.1) is 37.7 Å². The largest absolute Gasteiger partial charge is 0.573 e. The number of carbonyl (C=O) groups excluding carboxylic acids is 2. The van der Waals surface area contributed by atoms with Crippen LogP contribution in [0.25, 0.3) is 0 Å². The number of hydrogen-bond donors (Lipinski definition) is 0. The molecule has 5 rings (SSSR count). The molecule has 2 aromatic carbocycles. The van der Waals surface area contributed by atoms with Crippen LogP contribution in [0, 0.1) is 0 Å². The molecular weight excluding hydrogens is 489 g/mol. The average Bonchev–Trinajstić information content (AvgIpc) is 3.28. The van der Waals surface area contributed by atoms with Crippen molar-refractivity contribution in [2.75, 3.05) is 33.4 Å². The summed E-state index contributed by atoms with van der Waals surface area (Å²) in [6.45, 7) is 1.51. The zero-order valence-corrected chi connectivity index (χ0v) is 20.5. The fourth-order valence-corrected chi connectivity index (χ4v) is 5.62. The second kappa shape index (κ2) is 9.89. The number of likely N-dealkylation sites (tertiary alicyclic amines) is 1. The SMILES string of the molecule is COc1ccc(C2(C(=O)N3CCO[C@@H]4CN(C(=O)Cc5cccc(OC(F)(F)F)c5)C[C@@H]43)CCC2)cc1. The number of rotatable bonds is 6. The van der Waals surface area contributed by atoms with E-state index in [-0.39, 0.29) is 36.1 Å². The van der Waals surface area contributed by atoms with Crippen molar-refractivity contribution >= 4 is 11.8 Å². The molecule has 2 aromatic rings. The van der Waals surface area contributed by atoms with Gasteiger partial charge in [-0.25, -0.2) is 0 Å². The van der Waals surface area contributed by atoms with Gasteiger partial charge in [0.1, 0.15) is 11.5 Å². The number of hydrogen-bond acceptors (Lipinski definition) is 5. The van der Waals surface area contributed by atoms with Crippen LogP contribution in [0.15, 0.2) is 48.5 Å². The van der Waals surface area contributed by atoms with Crippen molar-refractivity contribution in [3.05, 3.63) is 59.7 Å². The van der Waals surface area contributed by atoms with Gasteiger partial charge in [0.15, 0.2) is 0 Å². The molecule has 0 bridgehead atoms. The Morgan fingerprint density at radius 1 is 1.08 bits per heavy atom. The van der Waals surface area contributed by atoms with Gasteiger partial charge < -0.3 is 24.0 Å². The summed E-state index contributed by atoms with van der Waals surface area (Å²) >= 11 is 0. The Bertz CT molecular complexity index is 1150. The second-order valence-electron chi connectivity index (χ2n) is 9.81. The fraction of sp³-hybridized carbons (Fsp3) is 0.481. The molecule has 0 unspecified atom stereocenters. The van der Waals surface area contributed by atoms with Gasteiger partial charge in [-0.1, -0.05) is 30.7 Å². The molecule has 0 spiro atoms. The highest BCUT2D eigenvalue weighted by atomic mass is 19.4. The van der Waals surface area contributed by atoms with Crippen LogP contribution in [-0.2, 0) is 26.2 Å². The van der Waals surface area contributed by atoms with Crippen LogP contribution in [-0.4, -0.2) is 73.5 Å². The maximum absolute atomic E-state index is 13.9. The van der Waals surface area contributed by atoms with Crippen molar-refractivity contribution in [3.63, 3.8) is 0 Å². The number of morpholine rings is 1. The smallest absolute Gasteiger partial charge is 0.497 e. The van der Waals surface area contributed by atoms with Crippen LogP contribution in [0.2, 0.25) is 0 Å². The van der Waals surface area contributed by atoms with Gasteiger partial charge in [-0.2, -0.15) is 0 Å². The van der Waals surface area contributed by atoms with Crippen LogP contribution in [0.1, 0.15) is 30.4 Å².